The maximum absolute atomic E-state index is 13.7. The average molecular weight is 572 g/mol. The fraction of sp³-hybridized carbons (Fsp3) is 0.448. The quantitative estimate of drug-likeness (QED) is 0.470. The van der Waals surface area contributed by atoms with E-state index in [9.17, 15) is 24.3 Å². The average Bonchev–Trinajstić information content (AvgIpc) is 2.90. The normalized spacial score (nSPS) is 19.2. The van der Waals surface area contributed by atoms with Gasteiger partial charge in [0.2, 0.25) is 11.8 Å². The van der Waals surface area contributed by atoms with Crippen LogP contribution in [0.3, 0.4) is 0 Å². The lowest BCUT2D eigenvalue weighted by atomic mass is 9.93. The number of phenolic OH excluding ortho intramolecular Hbond substituents is 1. The van der Waals surface area contributed by atoms with E-state index in [0.717, 1.165) is 4.90 Å². The lowest BCUT2D eigenvalue weighted by Crippen LogP contribution is -2.53. The van der Waals surface area contributed by atoms with Crippen molar-refractivity contribution in [1.29, 1.82) is 0 Å². The summed E-state index contributed by atoms with van der Waals surface area (Å²) in [5, 5.41) is 16.1. The number of carbonyl (C=O) groups is 4. The van der Waals surface area contributed by atoms with Crippen LogP contribution in [0.1, 0.15) is 44.9 Å². The highest BCUT2D eigenvalue weighted by Gasteiger charge is 2.35. The summed E-state index contributed by atoms with van der Waals surface area (Å²) in [7, 11) is 5.46. The van der Waals surface area contributed by atoms with Crippen LogP contribution in [0.4, 0.5) is 4.79 Å². The Morgan fingerprint density at radius 2 is 1.66 bits per heavy atom. The summed E-state index contributed by atoms with van der Waals surface area (Å²) in [6, 6.07) is 4.52. The highest BCUT2D eigenvalue weighted by molar-refractivity contribution is 5.94. The van der Waals surface area contributed by atoms with Crippen molar-refractivity contribution >= 4 is 23.9 Å². The molecule has 0 aromatic heterocycles. The Hall–Kier alpha value is -4.48. The lowest BCUT2D eigenvalue weighted by Gasteiger charge is -2.31. The van der Waals surface area contributed by atoms with Crippen molar-refractivity contribution in [2.75, 3.05) is 28.4 Å². The van der Waals surface area contributed by atoms with E-state index in [-0.39, 0.29) is 17.9 Å². The number of methoxy groups -OCH3 is 3. The van der Waals surface area contributed by atoms with E-state index in [1.54, 1.807) is 45.0 Å². The highest BCUT2D eigenvalue weighted by Crippen LogP contribution is 2.44. The number of hydrogen-bond acceptors (Lipinski definition) is 9. The molecular weight excluding hydrogens is 534 g/mol. The van der Waals surface area contributed by atoms with E-state index < -0.39 is 47.6 Å². The monoisotopic (exact) mass is 571 g/mol. The van der Waals surface area contributed by atoms with Crippen molar-refractivity contribution in [3.8, 4) is 28.4 Å². The molecule has 3 rings (SSSR count). The summed E-state index contributed by atoms with van der Waals surface area (Å²) >= 11 is 0. The number of nitrogens with one attached hydrogen (secondary N) is 2. The summed E-state index contributed by atoms with van der Waals surface area (Å²) in [5.41, 5.74) is 0.850. The number of phenols is 1. The van der Waals surface area contributed by atoms with Crippen LogP contribution in [0, 0.1) is 0 Å². The molecule has 222 valence electrons. The summed E-state index contributed by atoms with van der Waals surface area (Å²) in [6.07, 6.45) is -0.799. The van der Waals surface area contributed by atoms with E-state index in [4.69, 9.17) is 18.9 Å². The first-order valence-electron chi connectivity index (χ1n) is 12.9. The minimum atomic E-state index is -1.24. The maximum Gasteiger partial charge on any atom is 0.410 e. The Labute approximate surface area is 238 Å². The molecular formula is C29H37N3O9. The van der Waals surface area contributed by atoms with Gasteiger partial charge in [-0.3, -0.25) is 14.5 Å². The van der Waals surface area contributed by atoms with Gasteiger partial charge in [0.15, 0.2) is 11.5 Å². The number of carbonyl (C=O) groups excluding carboxylic acids is 4. The molecule has 3 atom stereocenters. The van der Waals surface area contributed by atoms with Gasteiger partial charge in [0, 0.05) is 24.6 Å². The van der Waals surface area contributed by atoms with Crippen LogP contribution in [0.2, 0.25) is 0 Å². The van der Waals surface area contributed by atoms with Crippen molar-refractivity contribution in [1.82, 2.24) is 15.5 Å². The molecule has 1 heterocycles. The van der Waals surface area contributed by atoms with Crippen LogP contribution in [0.15, 0.2) is 30.3 Å². The van der Waals surface area contributed by atoms with E-state index in [0.29, 0.717) is 28.0 Å². The smallest absolute Gasteiger partial charge is 0.410 e. The molecule has 41 heavy (non-hydrogen) atoms. The third-order valence-corrected chi connectivity index (χ3v) is 6.47. The number of ether oxygens (including phenoxy) is 4. The van der Waals surface area contributed by atoms with Gasteiger partial charge < -0.3 is 34.7 Å². The maximum atomic E-state index is 13.7. The van der Waals surface area contributed by atoms with Crippen LogP contribution >= 0.6 is 0 Å². The van der Waals surface area contributed by atoms with E-state index in [1.165, 1.54) is 41.4 Å². The zero-order valence-electron chi connectivity index (χ0n) is 24.5. The summed E-state index contributed by atoms with van der Waals surface area (Å²) in [4.78, 5) is 53.6. The second-order valence-electron chi connectivity index (χ2n) is 10.7. The van der Waals surface area contributed by atoms with Crippen molar-refractivity contribution in [2.24, 2.45) is 0 Å². The van der Waals surface area contributed by atoms with Gasteiger partial charge in [-0.1, -0.05) is 6.07 Å². The van der Waals surface area contributed by atoms with Gasteiger partial charge in [-0.25, -0.2) is 9.59 Å². The first-order chi connectivity index (χ1) is 19.2. The van der Waals surface area contributed by atoms with Gasteiger partial charge in [-0.2, -0.15) is 0 Å². The van der Waals surface area contributed by atoms with Gasteiger partial charge >= 0.3 is 12.1 Å². The molecule has 0 saturated carbocycles. The van der Waals surface area contributed by atoms with Crippen LogP contribution in [-0.4, -0.2) is 79.9 Å². The van der Waals surface area contributed by atoms with Gasteiger partial charge in [0.1, 0.15) is 29.5 Å². The van der Waals surface area contributed by atoms with Crippen LogP contribution in [-0.2, 0) is 30.3 Å². The summed E-state index contributed by atoms with van der Waals surface area (Å²) in [5.74, 6) is -1.76. The van der Waals surface area contributed by atoms with E-state index >= 15 is 0 Å². The second-order valence-corrected chi connectivity index (χ2v) is 10.7. The molecule has 0 saturated heterocycles. The second kappa shape index (κ2) is 12.4. The number of hydrogen-bond donors (Lipinski definition) is 3. The molecule has 0 spiro atoms. The first kappa shape index (κ1) is 31.1. The number of fused-ring (bicyclic) bond motifs is 5. The molecule has 2 aromatic rings. The number of amides is 3. The van der Waals surface area contributed by atoms with Crippen molar-refractivity contribution in [3.05, 3.63) is 41.5 Å². The minimum absolute atomic E-state index is 0.0321. The molecule has 12 heteroatoms. The van der Waals surface area contributed by atoms with E-state index in [1.807, 2.05) is 0 Å². The zero-order chi connectivity index (χ0) is 30.6. The van der Waals surface area contributed by atoms with Gasteiger partial charge in [-0.15, -0.1) is 0 Å². The molecule has 2 aromatic carbocycles. The molecule has 12 nitrogen and oxygen atoms in total. The molecule has 0 radical (unpaired) electrons. The largest absolute Gasteiger partial charge is 0.504 e. The Morgan fingerprint density at radius 1 is 0.976 bits per heavy atom. The molecule has 0 aliphatic carbocycles. The van der Waals surface area contributed by atoms with Gasteiger partial charge in [0.25, 0.3) is 0 Å². The Kier molecular flexibility index (Phi) is 9.36. The van der Waals surface area contributed by atoms with Crippen LogP contribution in [0.5, 0.6) is 17.2 Å². The fourth-order valence-electron chi connectivity index (χ4n) is 4.53. The Bertz CT molecular complexity index is 1340. The van der Waals surface area contributed by atoms with Crippen molar-refractivity contribution in [3.63, 3.8) is 0 Å². The third-order valence-electron chi connectivity index (χ3n) is 6.47. The van der Waals surface area contributed by atoms with Crippen LogP contribution < -0.4 is 20.1 Å². The Morgan fingerprint density at radius 3 is 2.24 bits per heavy atom. The third kappa shape index (κ3) is 7.00. The predicted molar refractivity (Wildman–Crippen MR) is 149 cm³/mol. The molecule has 0 fully saturated rings. The number of aromatic hydroxyl groups is 1. The first-order valence-corrected chi connectivity index (χ1v) is 12.9. The van der Waals surface area contributed by atoms with Crippen molar-refractivity contribution in [2.45, 2.75) is 57.8 Å². The highest BCUT2D eigenvalue weighted by atomic mass is 16.6. The van der Waals surface area contributed by atoms with Gasteiger partial charge in [0.05, 0.1) is 21.3 Å². The molecule has 1 aliphatic rings. The number of benzene rings is 2. The predicted octanol–water partition coefficient (Wildman–Crippen LogP) is 2.70. The van der Waals surface area contributed by atoms with Crippen molar-refractivity contribution < 1.29 is 43.2 Å². The standard InChI is InChI=1S/C29H37N3O9/c1-15-25(34)31-20(27(36)40-8)12-16-11-19(24(39-7)21(33)13-16)18-14-17(9-10-22(18)38-6)23(26(35)30-15)32(5)28(37)41-29(2,3)4/h9-11,13-15,20,23,33H,12H2,1-8H3,(H,30,35)(H,31,34)/t15-,20+,23+/m1/s1. The SMILES string of the molecule is COC(=O)[C@@H]1Cc2cc(O)c(OC)c(c2)-c2cc(ccc2OC)[C@H](N(C)C(=O)OC(C)(C)C)C(=O)N[C@H](C)C(=O)N1. The molecule has 1 aliphatic heterocycles. The molecule has 0 unspecified atom stereocenters. The van der Waals surface area contributed by atoms with E-state index in [2.05, 4.69) is 10.6 Å². The number of rotatable bonds is 4. The number of esters is 1. The summed E-state index contributed by atoms with van der Waals surface area (Å²) < 4.78 is 21.5. The lowest BCUT2D eigenvalue weighted by molar-refractivity contribution is -0.145. The fourth-order valence-corrected chi connectivity index (χ4v) is 4.53. The summed E-state index contributed by atoms with van der Waals surface area (Å²) in [6.45, 7) is 6.56. The zero-order valence-corrected chi connectivity index (χ0v) is 24.5. The Balaban J connectivity index is 2.31. The van der Waals surface area contributed by atoms with Gasteiger partial charge in [-0.05, 0) is 63.1 Å². The van der Waals surface area contributed by atoms with Crippen LogP contribution in [0.25, 0.3) is 11.1 Å². The topological polar surface area (TPSA) is 153 Å². The molecule has 3 amide bonds. The molecule has 4 bridgehead atoms. The number of likely N-dealkylation sites (N-methyl/N-ethyl adjacent to an activating group) is 1. The minimum Gasteiger partial charge on any atom is -0.504 e. The number of nitrogens with zero attached hydrogens (tertiary/aromatic N) is 1. The molecule has 3 N–H and O–H groups in total.